The van der Waals surface area contributed by atoms with Crippen molar-refractivity contribution in [1.82, 2.24) is 10.2 Å². The molecule has 2 unspecified atom stereocenters. The molecule has 1 aliphatic carbocycles. The second-order valence-corrected chi connectivity index (χ2v) is 6.47. The van der Waals surface area contributed by atoms with Crippen LogP contribution in [0.25, 0.3) is 0 Å². The lowest BCUT2D eigenvalue weighted by molar-refractivity contribution is 0.184. The molecule has 1 saturated carbocycles. The number of carbonyl (C=O) groups excluding carboxylic acids is 1. The molecule has 1 N–H and O–H groups in total. The predicted molar refractivity (Wildman–Crippen MR) is 87.2 cm³/mol. The van der Waals surface area contributed by atoms with E-state index >= 15 is 0 Å². The molecule has 1 aliphatic rings. The molecule has 3 heteroatoms. The highest BCUT2D eigenvalue weighted by Gasteiger charge is 2.33. The van der Waals surface area contributed by atoms with Gasteiger partial charge >= 0.3 is 6.03 Å². The topological polar surface area (TPSA) is 32.3 Å². The maximum absolute atomic E-state index is 12.6. The number of hydrogen-bond donors (Lipinski definition) is 1. The molecule has 0 aliphatic heterocycles. The number of urea groups is 1. The van der Waals surface area contributed by atoms with E-state index in [1.807, 2.05) is 4.90 Å². The van der Waals surface area contributed by atoms with Gasteiger partial charge in [-0.25, -0.2) is 4.79 Å². The molecule has 21 heavy (non-hydrogen) atoms. The van der Waals surface area contributed by atoms with Crippen LogP contribution in [0.15, 0.2) is 24.3 Å². The maximum Gasteiger partial charge on any atom is 0.318 e. The third-order valence-electron chi connectivity index (χ3n) is 4.53. The molecule has 0 saturated heterocycles. The van der Waals surface area contributed by atoms with Crippen molar-refractivity contribution in [2.75, 3.05) is 0 Å². The Morgan fingerprint density at radius 3 is 2.67 bits per heavy atom. The predicted octanol–water partition coefficient (Wildman–Crippen LogP) is 4.10. The summed E-state index contributed by atoms with van der Waals surface area (Å²) in [6.45, 7) is 9.26. The van der Waals surface area contributed by atoms with Crippen LogP contribution in [0.5, 0.6) is 0 Å². The zero-order valence-corrected chi connectivity index (χ0v) is 13.7. The van der Waals surface area contributed by atoms with Gasteiger partial charge in [-0.2, -0.15) is 0 Å². The number of amides is 2. The monoisotopic (exact) mass is 288 g/mol. The smallest absolute Gasteiger partial charge is 0.318 e. The number of aryl methyl sites for hydroxylation is 1. The van der Waals surface area contributed by atoms with E-state index in [4.69, 9.17) is 0 Å². The Bertz CT molecular complexity index is 482. The summed E-state index contributed by atoms with van der Waals surface area (Å²) in [6.07, 6.45) is 3.36. The zero-order valence-electron chi connectivity index (χ0n) is 13.7. The molecule has 0 aromatic heterocycles. The van der Waals surface area contributed by atoms with E-state index in [9.17, 15) is 4.79 Å². The number of carbonyl (C=O) groups is 1. The highest BCUT2D eigenvalue weighted by atomic mass is 16.2. The van der Waals surface area contributed by atoms with Crippen LogP contribution in [0.1, 0.15) is 51.2 Å². The summed E-state index contributed by atoms with van der Waals surface area (Å²) in [6, 6.07) is 9.17. The Morgan fingerprint density at radius 2 is 2.10 bits per heavy atom. The van der Waals surface area contributed by atoms with Crippen molar-refractivity contribution in [3.05, 3.63) is 35.4 Å². The molecule has 2 amide bonds. The van der Waals surface area contributed by atoms with Crippen LogP contribution in [0.4, 0.5) is 4.79 Å². The van der Waals surface area contributed by atoms with Crippen LogP contribution in [-0.4, -0.2) is 23.0 Å². The van der Waals surface area contributed by atoms with E-state index in [1.54, 1.807) is 0 Å². The van der Waals surface area contributed by atoms with Gasteiger partial charge in [0.2, 0.25) is 0 Å². The second kappa shape index (κ2) is 6.97. The molecular formula is C18H28N2O. The van der Waals surface area contributed by atoms with Gasteiger partial charge in [0, 0.05) is 18.6 Å². The fourth-order valence-corrected chi connectivity index (χ4v) is 2.53. The van der Waals surface area contributed by atoms with E-state index < -0.39 is 0 Å². The van der Waals surface area contributed by atoms with Gasteiger partial charge in [-0.1, -0.05) is 50.1 Å². The molecule has 1 aromatic rings. The molecule has 3 nitrogen and oxygen atoms in total. The fourth-order valence-electron chi connectivity index (χ4n) is 2.53. The number of nitrogens with zero attached hydrogens (tertiary/aromatic N) is 1. The highest BCUT2D eigenvalue weighted by Crippen LogP contribution is 2.28. The minimum atomic E-state index is 0.0896. The second-order valence-electron chi connectivity index (χ2n) is 6.47. The van der Waals surface area contributed by atoms with Crippen LogP contribution in [0.3, 0.4) is 0 Å². The van der Waals surface area contributed by atoms with Crippen LogP contribution < -0.4 is 5.32 Å². The summed E-state index contributed by atoms with van der Waals surface area (Å²) >= 11 is 0. The first-order chi connectivity index (χ1) is 10.0. The molecule has 0 radical (unpaired) electrons. The summed E-state index contributed by atoms with van der Waals surface area (Å²) < 4.78 is 0. The largest absolute Gasteiger partial charge is 0.335 e. The van der Waals surface area contributed by atoms with E-state index in [0.29, 0.717) is 18.5 Å². The van der Waals surface area contributed by atoms with Gasteiger partial charge in [0.25, 0.3) is 0 Å². The maximum atomic E-state index is 12.6. The molecule has 2 rings (SSSR count). The number of hydrogen-bond acceptors (Lipinski definition) is 1. The third-order valence-corrected chi connectivity index (χ3v) is 4.53. The number of nitrogens with one attached hydrogen (secondary N) is 1. The minimum Gasteiger partial charge on any atom is -0.335 e. The summed E-state index contributed by atoms with van der Waals surface area (Å²) in [5.41, 5.74) is 2.46. The third kappa shape index (κ3) is 4.48. The summed E-state index contributed by atoms with van der Waals surface area (Å²) in [4.78, 5) is 14.6. The van der Waals surface area contributed by atoms with Gasteiger partial charge < -0.3 is 10.2 Å². The molecule has 1 fully saturated rings. The Labute approximate surface area is 128 Å². The van der Waals surface area contributed by atoms with Crippen molar-refractivity contribution in [3.8, 4) is 0 Å². The summed E-state index contributed by atoms with van der Waals surface area (Å²) in [5.74, 6) is 0.508. The zero-order chi connectivity index (χ0) is 15.4. The quantitative estimate of drug-likeness (QED) is 0.839. The van der Waals surface area contributed by atoms with Gasteiger partial charge in [0.15, 0.2) is 0 Å². The van der Waals surface area contributed by atoms with Crippen LogP contribution in [0, 0.1) is 12.8 Å². The fraction of sp³-hybridized carbons (Fsp3) is 0.611. The summed E-state index contributed by atoms with van der Waals surface area (Å²) in [7, 11) is 0. The average Bonchev–Trinajstić information content (AvgIpc) is 3.28. The molecule has 0 spiro atoms. The van der Waals surface area contributed by atoms with Crippen LogP contribution in [0.2, 0.25) is 0 Å². The lowest BCUT2D eigenvalue weighted by atomic mass is 10.0. The van der Waals surface area contributed by atoms with Gasteiger partial charge in [0.05, 0.1) is 0 Å². The molecule has 2 atom stereocenters. The first kappa shape index (κ1) is 15.9. The van der Waals surface area contributed by atoms with E-state index in [0.717, 1.165) is 19.3 Å². The van der Waals surface area contributed by atoms with Gasteiger partial charge in [0.1, 0.15) is 0 Å². The van der Waals surface area contributed by atoms with Gasteiger partial charge in [-0.05, 0) is 38.2 Å². The van der Waals surface area contributed by atoms with Crippen molar-refractivity contribution in [1.29, 1.82) is 0 Å². The Balaban J connectivity index is 2.00. The van der Waals surface area contributed by atoms with E-state index in [1.165, 1.54) is 11.1 Å². The van der Waals surface area contributed by atoms with E-state index in [2.05, 4.69) is 57.3 Å². The average molecular weight is 288 g/mol. The molecule has 116 valence electrons. The van der Waals surface area contributed by atoms with Crippen molar-refractivity contribution in [2.45, 2.75) is 65.6 Å². The van der Waals surface area contributed by atoms with Gasteiger partial charge in [-0.15, -0.1) is 0 Å². The first-order valence-electron chi connectivity index (χ1n) is 8.14. The molecule has 0 heterocycles. The summed E-state index contributed by atoms with van der Waals surface area (Å²) in [5, 5.41) is 3.17. The number of rotatable bonds is 6. The Kier molecular flexibility index (Phi) is 5.27. The van der Waals surface area contributed by atoms with Crippen molar-refractivity contribution < 1.29 is 4.79 Å². The Morgan fingerprint density at radius 1 is 1.38 bits per heavy atom. The molecule has 1 aromatic carbocycles. The van der Waals surface area contributed by atoms with Crippen LogP contribution in [-0.2, 0) is 6.54 Å². The van der Waals surface area contributed by atoms with Gasteiger partial charge in [-0.3, -0.25) is 0 Å². The highest BCUT2D eigenvalue weighted by molar-refractivity contribution is 5.75. The molecule has 0 bridgehead atoms. The van der Waals surface area contributed by atoms with Crippen molar-refractivity contribution in [3.63, 3.8) is 0 Å². The van der Waals surface area contributed by atoms with Crippen LogP contribution >= 0.6 is 0 Å². The molecular weight excluding hydrogens is 260 g/mol. The normalized spacial score (nSPS) is 17.1. The minimum absolute atomic E-state index is 0.0896. The standard InChI is InChI=1S/C18H28N2O/c1-5-14(3)15(4)19-18(21)20(17-9-10-17)12-16-8-6-7-13(2)11-16/h6-8,11,14-15,17H,5,9-10,12H2,1-4H3,(H,19,21). The van der Waals surface area contributed by atoms with Crippen molar-refractivity contribution in [2.24, 2.45) is 5.92 Å². The lowest BCUT2D eigenvalue weighted by Crippen LogP contribution is -2.46. The van der Waals surface area contributed by atoms with E-state index in [-0.39, 0.29) is 12.1 Å². The van der Waals surface area contributed by atoms with Crippen molar-refractivity contribution >= 4 is 6.03 Å². The SMILES string of the molecule is CCC(C)C(C)NC(=O)N(Cc1cccc(C)c1)C1CC1. The Hall–Kier alpha value is -1.51. The number of benzene rings is 1. The lowest BCUT2D eigenvalue weighted by Gasteiger charge is -2.27. The first-order valence-corrected chi connectivity index (χ1v) is 8.14.